The van der Waals surface area contributed by atoms with E-state index in [9.17, 15) is 0 Å². The summed E-state index contributed by atoms with van der Waals surface area (Å²) in [5.41, 5.74) is 4.31. The van der Waals surface area contributed by atoms with Crippen LogP contribution in [0.15, 0.2) is 48.9 Å². The molecule has 0 radical (unpaired) electrons. The van der Waals surface area contributed by atoms with E-state index in [1.54, 1.807) is 18.4 Å². The second-order valence-corrected chi connectivity index (χ2v) is 8.56. The molecule has 0 amide bonds. The Morgan fingerprint density at radius 3 is 2.84 bits per heavy atom. The molecule has 31 heavy (non-hydrogen) atoms. The second-order valence-electron chi connectivity index (χ2n) is 7.53. The Kier molecular flexibility index (Phi) is 5.79. The molecule has 3 aromatic heterocycles. The highest BCUT2D eigenvalue weighted by atomic mass is 32.1. The monoisotopic (exact) mass is 435 g/mol. The van der Waals surface area contributed by atoms with E-state index in [4.69, 9.17) is 9.72 Å². The standard InChI is InChI=1S/C22H25N7OS/c1-30-11-10-28-6-8-29(9-7-28)18-4-5-23-21(13-18)27-22-26-19-12-16(2-3-20(19)31-22)17-14-24-25-15-17/h2-5,12-15H,6-11H2,1H3,(H,24,25)(H,23,26,27). The van der Waals surface area contributed by atoms with Gasteiger partial charge in [0.1, 0.15) is 5.82 Å². The molecule has 0 aliphatic carbocycles. The summed E-state index contributed by atoms with van der Waals surface area (Å²) in [5.74, 6) is 0.813. The number of nitrogens with zero attached hydrogens (tertiary/aromatic N) is 5. The zero-order valence-corrected chi connectivity index (χ0v) is 18.2. The molecule has 0 saturated carbocycles. The molecule has 0 bridgehead atoms. The van der Waals surface area contributed by atoms with Crippen molar-refractivity contribution in [1.29, 1.82) is 0 Å². The summed E-state index contributed by atoms with van der Waals surface area (Å²) in [6.07, 6.45) is 5.57. The number of benzene rings is 1. The quantitative estimate of drug-likeness (QED) is 0.459. The van der Waals surface area contributed by atoms with Gasteiger partial charge in [-0.25, -0.2) is 9.97 Å². The van der Waals surface area contributed by atoms with Gasteiger partial charge >= 0.3 is 0 Å². The third-order valence-corrected chi connectivity index (χ3v) is 6.50. The summed E-state index contributed by atoms with van der Waals surface area (Å²) in [6, 6.07) is 10.5. The van der Waals surface area contributed by atoms with Crippen LogP contribution in [0, 0.1) is 0 Å². The third kappa shape index (κ3) is 4.53. The van der Waals surface area contributed by atoms with Gasteiger partial charge in [-0.15, -0.1) is 0 Å². The molecule has 0 spiro atoms. The number of nitrogens with one attached hydrogen (secondary N) is 2. The summed E-state index contributed by atoms with van der Waals surface area (Å²) in [7, 11) is 1.76. The first kappa shape index (κ1) is 19.9. The van der Waals surface area contributed by atoms with Gasteiger partial charge in [-0.1, -0.05) is 17.4 Å². The van der Waals surface area contributed by atoms with Crippen LogP contribution in [0.25, 0.3) is 21.3 Å². The second kappa shape index (κ2) is 9.01. The van der Waals surface area contributed by atoms with Crippen LogP contribution < -0.4 is 10.2 Å². The minimum atomic E-state index is 0.787. The van der Waals surface area contributed by atoms with E-state index in [2.05, 4.69) is 60.6 Å². The zero-order chi connectivity index (χ0) is 21.0. The summed E-state index contributed by atoms with van der Waals surface area (Å²) >= 11 is 1.63. The molecule has 1 aromatic carbocycles. The first-order chi connectivity index (χ1) is 15.3. The summed E-state index contributed by atoms with van der Waals surface area (Å²) in [5, 5.41) is 11.1. The maximum absolute atomic E-state index is 5.19. The predicted octanol–water partition coefficient (Wildman–Crippen LogP) is 3.59. The van der Waals surface area contributed by atoms with Crippen LogP contribution in [0.5, 0.6) is 0 Å². The highest BCUT2D eigenvalue weighted by Crippen LogP contribution is 2.31. The number of ether oxygens (including phenoxy) is 1. The first-order valence-electron chi connectivity index (χ1n) is 10.4. The molecule has 1 aliphatic heterocycles. The Morgan fingerprint density at radius 1 is 1.13 bits per heavy atom. The largest absolute Gasteiger partial charge is 0.383 e. The number of anilines is 3. The first-order valence-corrected chi connectivity index (χ1v) is 11.2. The van der Waals surface area contributed by atoms with Crippen molar-refractivity contribution in [3.05, 3.63) is 48.9 Å². The molecule has 1 fully saturated rings. The number of thiazole rings is 1. The number of rotatable bonds is 7. The third-order valence-electron chi connectivity index (χ3n) is 5.55. The molecule has 4 aromatic rings. The highest BCUT2D eigenvalue weighted by molar-refractivity contribution is 7.22. The zero-order valence-electron chi connectivity index (χ0n) is 17.4. The maximum Gasteiger partial charge on any atom is 0.189 e. The molecule has 160 valence electrons. The molecule has 5 rings (SSSR count). The average Bonchev–Trinajstić information content (AvgIpc) is 3.47. The molecule has 4 heterocycles. The Hall–Kier alpha value is -3.01. The fourth-order valence-electron chi connectivity index (χ4n) is 3.81. The summed E-state index contributed by atoms with van der Waals surface area (Å²) in [6.45, 7) is 5.88. The van der Waals surface area contributed by atoms with E-state index < -0.39 is 0 Å². The van der Waals surface area contributed by atoms with Gasteiger partial charge in [0.2, 0.25) is 0 Å². The number of H-pyrrole nitrogens is 1. The Morgan fingerprint density at radius 2 is 2.03 bits per heavy atom. The highest BCUT2D eigenvalue weighted by Gasteiger charge is 2.17. The average molecular weight is 436 g/mol. The van der Waals surface area contributed by atoms with Crippen molar-refractivity contribution in [3.63, 3.8) is 0 Å². The lowest BCUT2D eigenvalue weighted by Gasteiger charge is -2.36. The van der Waals surface area contributed by atoms with Gasteiger partial charge < -0.3 is 15.0 Å². The van der Waals surface area contributed by atoms with Crippen molar-refractivity contribution in [2.24, 2.45) is 0 Å². The number of hydrogen-bond donors (Lipinski definition) is 2. The Bertz CT molecular complexity index is 1140. The number of aromatic amines is 1. The minimum Gasteiger partial charge on any atom is -0.383 e. The lowest BCUT2D eigenvalue weighted by atomic mass is 10.1. The van der Waals surface area contributed by atoms with Crippen LogP contribution >= 0.6 is 11.3 Å². The Balaban J connectivity index is 1.28. The summed E-state index contributed by atoms with van der Waals surface area (Å²) in [4.78, 5) is 14.1. The molecular formula is C22H25N7OS. The van der Waals surface area contributed by atoms with Crippen LogP contribution in [0.2, 0.25) is 0 Å². The normalized spacial score (nSPS) is 14.9. The van der Waals surface area contributed by atoms with Crippen molar-refractivity contribution in [2.75, 3.05) is 56.7 Å². The van der Waals surface area contributed by atoms with Crippen molar-refractivity contribution in [3.8, 4) is 11.1 Å². The predicted molar refractivity (Wildman–Crippen MR) is 125 cm³/mol. The van der Waals surface area contributed by atoms with Crippen molar-refractivity contribution >= 4 is 38.2 Å². The SMILES string of the molecule is COCCN1CCN(c2ccnc(Nc3nc4cc(-c5cn[nH]c5)ccc4s3)c2)CC1. The van der Waals surface area contributed by atoms with Crippen LogP contribution in [0.1, 0.15) is 0 Å². The topological polar surface area (TPSA) is 82.2 Å². The minimum absolute atomic E-state index is 0.787. The van der Waals surface area contributed by atoms with Crippen LogP contribution in [0.4, 0.5) is 16.6 Å². The maximum atomic E-state index is 5.19. The number of methoxy groups -OCH3 is 1. The molecule has 2 N–H and O–H groups in total. The molecule has 9 heteroatoms. The van der Waals surface area contributed by atoms with E-state index >= 15 is 0 Å². The van der Waals surface area contributed by atoms with E-state index in [-0.39, 0.29) is 0 Å². The van der Waals surface area contributed by atoms with Crippen molar-refractivity contribution in [2.45, 2.75) is 0 Å². The molecule has 1 saturated heterocycles. The number of pyridine rings is 1. The lowest BCUT2D eigenvalue weighted by Crippen LogP contribution is -2.47. The number of hydrogen-bond acceptors (Lipinski definition) is 8. The van der Waals surface area contributed by atoms with Crippen molar-refractivity contribution in [1.82, 2.24) is 25.1 Å². The van der Waals surface area contributed by atoms with Gasteiger partial charge in [-0.05, 0) is 23.8 Å². The fourth-order valence-corrected chi connectivity index (χ4v) is 4.67. The van der Waals surface area contributed by atoms with Gasteiger partial charge in [0.25, 0.3) is 0 Å². The number of piperazine rings is 1. The van der Waals surface area contributed by atoms with Crippen LogP contribution in [0.3, 0.4) is 0 Å². The van der Waals surface area contributed by atoms with E-state index in [0.717, 1.165) is 71.6 Å². The lowest BCUT2D eigenvalue weighted by molar-refractivity contribution is 0.144. The molecule has 1 aliphatic rings. The van der Waals surface area contributed by atoms with Crippen LogP contribution in [-0.4, -0.2) is 71.5 Å². The fraction of sp³-hybridized carbons (Fsp3) is 0.318. The van der Waals surface area contributed by atoms with E-state index in [1.165, 1.54) is 5.69 Å². The van der Waals surface area contributed by atoms with Gasteiger partial charge in [0, 0.05) is 69.5 Å². The smallest absolute Gasteiger partial charge is 0.189 e. The molecular weight excluding hydrogens is 410 g/mol. The molecule has 0 atom stereocenters. The van der Waals surface area contributed by atoms with Gasteiger partial charge in [0.15, 0.2) is 5.13 Å². The Labute approximate surface area is 184 Å². The van der Waals surface area contributed by atoms with Crippen LogP contribution in [-0.2, 0) is 4.74 Å². The molecule has 0 unspecified atom stereocenters. The van der Waals surface area contributed by atoms with Gasteiger partial charge in [-0.3, -0.25) is 10.00 Å². The van der Waals surface area contributed by atoms with E-state index in [0.29, 0.717) is 0 Å². The molecule has 8 nitrogen and oxygen atoms in total. The van der Waals surface area contributed by atoms with Gasteiger partial charge in [0.05, 0.1) is 23.0 Å². The summed E-state index contributed by atoms with van der Waals surface area (Å²) < 4.78 is 6.33. The van der Waals surface area contributed by atoms with Crippen molar-refractivity contribution < 1.29 is 4.74 Å². The van der Waals surface area contributed by atoms with E-state index in [1.807, 2.05) is 18.6 Å². The number of fused-ring (bicyclic) bond motifs is 1. The van der Waals surface area contributed by atoms with Gasteiger partial charge in [-0.2, -0.15) is 5.10 Å². The number of aromatic nitrogens is 4.